The number of unbranched alkanes of at least 4 members (excludes halogenated alkanes) is 14. The molecule has 0 spiro atoms. The van der Waals surface area contributed by atoms with Gasteiger partial charge in [-0.05, 0) is 38.5 Å². The number of allylic oxidation sites excluding steroid dienone is 4. The molecule has 0 rings (SSSR count). The standard InChI is InChI=1S/C29H56NO7P/c1-2-3-4-5-6-7-8-9-10-11-12-13-14-15-16-17-18-19-20-21-22-23-29(32)35-26-28(31)27-37-38(33,34)36-25-24-30/h8-9,11-12,28,31H,2-7,10,13-27,30H2,1H3,(H,33,34)/b9-8-,12-11-. The Morgan fingerprint density at radius 2 is 1.32 bits per heavy atom. The number of nitrogens with two attached hydrogens (primary N) is 1. The summed E-state index contributed by atoms with van der Waals surface area (Å²) in [5.74, 6) is -0.390. The molecule has 224 valence electrons. The highest BCUT2D eigenvalue weighted by atomic mass is 31.2. The van der Waals surface area contributed by atoms with E-state index < -0.39 is 26.5 Å². The van der Waals surface area contributed by atoms with Crippen molar-refractivity contribution in [2.45, 2.75) is 129 Å². The molecule has 0 aliphatic carbocycles. The average Bonchev–Trinajstić information content (AvgIpc) is 2.90. The number of aliphatic hydroxyl groups excluding tert-OH is 1. The van der Waals surface area contributed by atoms with E-state index in [1.165, 1.54) is 83.5 Å². The Balaban J connectivity index is 3.43. The van der Waals surface area contributed by atoms with Gasteiger partial charge in [0.25, 0.3) is 0 Å². The van der Waals surface area contributed by atoms with E-state index in [1.807, 2.05) is 0 Å². The molecule has 2 unspecified atom stereocenters. The van der Waals surface area contributed by atoms with Crippen molar-refractivity contribution in [2.24, 2.45) is 5.73 Å². The number of hydrogen-bond acceptors (Lipinski definition) is 7. The van der Waals surface area contributed by atoms with Crippen LogP contribution < -0.4 is 5.73 Å². The van der Waals surface area contributed by atoms with Gasteiger partial charge in [0.15, 0.2) is 0 Å². The molecule has 0 saturated heterocycles. The van der Waals surface area contributed by atoms with E-state index in [0.717, 1.165) is 25.7 Å². The minimum Gasteiger partial charge on any atom is -0.463 e. The zero-order valence-corrected chi connectivity index (χ0v) is 24.8. The van der Waals surface area contributed by atoms with Crippen LogP contribution in [0.15, 0.2) is 24.3 Å². The highest BCUT2D eigenvalue weighted by molar-refractivity contribution is 7.47. The van der Waals surface area contributed by atoms with Crippen molar-refractivity contribution in [2.75, 3.05) is 26.4 Å². The number of hydrogen-bond donors (Lipinski definition) is 3. The first-order valence-electron chi connectivity index (χ1n) is 14.9. The van der Waals surface area contributed by atoms with Gasteiger partial charge >= 0.3 is 13.8 Å². The van der Waals surface area contributed by atoms with Crippen molar-refractivity contribution in [1.29, 1.82) is 0 Å². The molecule has 0 aromatic carbocycles. The maximum absolute atomic E-state index is 11.8. The lowest BCUT2D eigenvalue weighted by Gasteiger charge is -2.15. The summed E-state index contributed by atoms with van der Waals surface area (Å²) in [5.41, 5.74) is 5.18. The summed E-state index contributed by atoms with van der Waals surface area (Å²) < 4.78 is 25.6. The summed E-state index contributed by atoms with van der Waals surface area (Å²) in [4.78, 5) is 21.1. The van der Waals surface area contributed by atoms with Gasteiger partial charge in [-0.1, -0.05) is 102 Å². The molecule has 0 amide bonds. The van der Waals surface area contributed by atoms with E-state index in [9.17, 15) is 19.4 Å². The van der Waals surface area contributed by atoms with Crippen molar-refractivity contribution < 1.29 is 33.1 Å². The second-order valence-electron chi connectivity index (χ2n) is 9.83. The maximum Gasteiger partial charge on any atom is 0.472 e. The molecular formula is C29H56NO7P. The van der Waals surface area contributed by atoms with Gasteiger partial charge in [0, 0.05) is 13.0 Å². The molecule has 0 heterocycles. The van der Waals surface area contributed by atoms with Gasteiger partial charge in [0.1, 0.15) is 12.7 Å². The molecule has 9 heteroatoms. The monoisotopic (exact) mass is 561 g/mol. The minimum absolute atomic E-state index is 0.0735. The Morgan fingerprint density at radius 3 is 1.87 bits per heavy atom. The van der Waals surface area contributed by atoms with E-state index in [2.05, 4.69) is 40.3 Å². The summed E-state index contributed by atoms with van der Waals surface area (Å²) in [6.45, 7) is 1.44. The third kappa shape index (κ3) is 28.0. The molecule has 0 fully saturated rings. The highest BCUT2D eigenvalue weighted by Gasteiger charge is 2.22. The Morgan fingerprint density at radius 1 is 0.789 bits per heavy atom. The zero-order valence-electron chi connectivity index (χ0n) is 23.9. The number of phosphoric acid groups is 1. The van der Waals surface area contributed by atoms with Crippen LogP contribution in [0.4, 0.5) is 0 Å². The maximum atomic E-state index is 11.8. The molecular weight excluding hydrogens is 505 g/mol. The van der Waals surface area contributed by atoms with Crippen LogP contribution in [0.25, 0.3) is 0 Å². The van der Waals surface area contributed by atoms with Crippen LogP contribution in [0.5, 0.6) is 0 Å². The molecule has 0 saturated carbocycles. The van der Waals surface area contributed by atoms with Crippen LogP contribution in [-0.4, -0.2) is 48.4 Å². The lowest BCUT2D eigenvalue weighted by Crippen LogP contribution is -2.23. The topological polar surface area (TPSA) is 128 Å². The van der Waals surface area contributed by atoms with Gasteiger partial charge in [0.05, 0.1) is 13.2 Å². The number of carbonyl (C=O) groups is 1. The lowest BCUT2D eigenvalue weighted by molar-refractivity contribution is -0.147. The first-order valence-corrected chi connectivity index (χ1v) is 16.4. The third-order valence-electron chi connectivity index (χ3n) is 6.07. The second-order valence-corrected chi connectivity index (χ2v) is 11.3. The van der Waals surface area contributed by atoms with Crippen molar-refractivity contribution >= 4 is 13.8 Å². The smallest absolute Gasteiger partial charge is 0.463 e. The van der Waals surface area contributed by atoms with Crippen molar-refractivity contribution in [3.63, 3.8) is 0 Å². The largest absolute Gasteiger partial charge is 0.472 e. The number of esters is 1. The zero-order chi connectivity index (χ0) is 28.2. The molecule has 0 bridgehead atoms. The number of phosphoric ester groups is 1. The third-order valence-corrected chi connectivity index (χ3v) is 7.05. The Kier molecular flexibility index (Phi) is 26.8. The first-order chi connectivity index (χ1) is 18.4. The second kappa shape index (κ2) is 27.5. The van der Waals surface area contributed by atoms with Gasteiger partial charge < -0.3 is 20.5 Å². The summed E-state index contributed by atoms with van der Waals surface area (Å²) in [6, 6.07) is 0. The quantitative estimate of drug-likeness (QED) is 0.0398. The Labute approximate surface area is 232 Å². The molecule has 0 aliphatic rings. The predicted molar refractivity (Wildman–Crippen MR) is 155 cm³/mol. The highest BCUT2D eigenvalue weighted by Crippen LogP contribution is 2.42. The fraction of sp³-hybridized carbons (Fsp3) is 0.828. The number of rotatable bonds is 28. The van der Waals surface area contributed by atoms with Crippen molar-refractivity contribution in [1.82, 2.24) is 0 Å². The van der Waals surface area contributed by atoms with Gasteiger partial charge in [-0.15, -0.1) is 0 Å². The van der Waals surface area contributed by atoms with E-state index in [1.54, 1.807) is 0 Å². The van der Waals surface area contributed by atoms with Crippen LogP contribution in [0.2, 0.25) is 0 Å². The van der Waals surface area contributed by atoms with Gasteiger partial charge in [-0.25, -0.2) is 4.57 Å². The van der Waals surface area contributed by atoms with E-state index >= 15 is 0 Å². The number of ether oxygens (including phenoxy) is 1. The summed E-state index contributed by atoms with van der Waals surface area (Å²) in [6.07, 6.45) is 28.9. The SMILES string of the molecule is CCCCCCC/C=C\C/C=C\CCCCCCCCCCCC(=O)OCC(O)COP(=O)(O)OCCN. The molecule has 0 aromatic rings. The van der Waals surface area contributed by atoms with Crippen LogP contribution in [-0.2, 0) is 23.1 Å². The first kappa shape index (κ1) is 37.0. The minimum atomic E-state index is -4.25. The van der Waals surface area contributed by atoms with Crippen LogP contribution in [0.1, 0.15) is 122 Å². The van der Waals surface area contributed by atoms with E-state index in [4.69, 9.17) is 10.5 Å². The van der Waals surface area contributed by atoms with Crippen molar-refractivity contribution in [3.8, 4) is 0 Å². The number of aliphatic hydroxyl groups is 1. The Hall–Kier alpha value is -1.02. The summed E-state index contributed by atoms with van der Waals surface area (Å²) in [5, 5.41) is 9.71. The molecule has 8 nitrogen and oxygen atoms in total. The molecule has 0 aromatic heterocycles. The van der Waals surface area contributed by atoms with Gasteiger partial charge in [-0.3, -0.25) is 13.8 Å². The number of carbonyl (C=O) groups excluding carboxylic acids is 1. The van der Waals surface area contributed by atoms with E-state index in [-0.39, 0.29) is 19.8 Å². The fourth-order valence-electron chi connectivity index (χ4n) is 3.84. The molecule has 38 heavy (non-hydrogen) atoms. The fourth-order valence-corrected chi connectivity index (χ4v) is 4.61. The molecule has 2 atom stereocenters. The van der Waals surface area contributed by atoms with Crippen LogP contribution in [0, 0.1) is 0 Å². The molecule has 0 aliphatic heterocycles. The van der Waals surface area contributed by atoms with Gasteiger partial charge in [0.2, 0.25) is 0 Å². The van der Waals surface area contributed by atoms with Crippen LogP contribution in [0.3, 0.4) is 0 Å². The lowest BCUT2D eigenvalue weighted by atomic mass is 10.1. The van der Waals surface area contributed by atoms with Crippen molar-refractivity contribution in [3.05, 3.63) is 24.3 Å². The predicted octanol–water partition coefficient (Wildman–Crippen LogP) is 7.14. The van der Waals surface area contributed by atoms with E-state index in [0.29, 0.717) is 6.42 Å². The average molecular weight is 562 g/mol. The Bertz CT molecular complexity index is 642. The summed E-state index contributed by atoms with van der Waals surface area (Å²) in [7, 11) is -4.25. The normalized spacial score (nSPS) is 14.3. The van der Waals surface area contributed by atoms with Crippen LogP contribution >= 0.6 is 7.82 Å². The van der Waals surface area contributed by atoms with Gasteiger partial charge in [-0.2, -0.15) is 0 Å². The molecule has 0 radical (unpaired) electrons. The molecule has 4 N–H and O–H groups in total. The summed E-state index contributed by atoms with van der Waals surface area (Å²) >= 11 is 0.